The fourth-order valence-electron chi connectivity index (χ4n) is 2.27. The molecule has 0 amide bonds. The molecule has 16 heavy (non-hydrogen) atoms. The molecular formula is C12H15N3O. The van der Waals surface area contributed by atoms with Crippen molar-refractivity contribution in [3.63, 3.8) is 0 Å². The highest BCUT2D eigenvalue weighted by Gasteiger charge is 2.21. The van der Waals surface area contributed by atoms with Gasteiger partial charge in [-0.2, -0.15) is 0 Å². The number of aryl methyl sites for hydroxylation is 1. The quantitative estimate of drug-likeness (QED) is 0.735. The second-order valence-corrected chi connectivity index (χ2v) is 4.23. The predicted molar refractivity (Wildman–Crippen MR) is 61.1 cm³/mol. The zero-order valence-electron chi connectivity index (χ0n) is 9.39. The summed E-state index contributed by atoms with van der Waals surface area (Å²) in [6, 6.07) is 3.91. The van der Waals surface area contributed by atoms with E-state index < -0.39 is 0 Å². The van der Waals surface area contributed by atoms with Gasteiger partial charge in [0, 0.05) is 19.9 Å². The molecule has 1 aliphatic rings. The topological polar surface area (TPSA) is 39.9 Å². The number of ether oxygens (including phenoxy) is 1. The molecule has 0 aliphatic carbocycles. The monoisotopic (exact) mass is 217 g/mol. The first kappa shape index (κ1) is 9.78. The maximum absolute atomic E-state index is 5.76. The lowest BCUT2D eigenvalue weighted by molar-refractivity contribution is 0.00814. The number of pyridine rings is 1. The van der Waals surface area contributed by atoms with Crippen LogP contribution in [0.15, 0.2) is 18.3 Å². The molecule has 1 unspecified atom stereocenters. The molecule has 0 N–H and O–H groups in total. The summed E-state index contributed by atoms with van der Waals surface area (Å²) < 4.78 is 7.81. The highest BCUT2D eigenvalue weighted by molar-refractivity contribution is 5.71. The number of nitrogens with zero attached hydrogens (tertiary/aromatic N) is 3. The van der Waals surface area contributed by atoms with Crippen molar-refractivity contribution in [3.8, 4) is 0 Å². The number of rotatable bonds is 1. The Kier molecular flexibility index (Phi) is 2.36. The van der Waals surface area contributed by atoms with Crippen molar-refractivity contribution in [3.05, 3.63) is 24.2 Å². The van der Waals surface area contributed by atoms with Crippen molar-refractivity contribution in [2.75, 3.05) is 6.61 Å². The van der Waals surface area contributed by atoms with Gasteiger partial charge in [0.2, 0.25) is 0 Å². The van der Waals surface area contributed by atoms with Crippen LogP contribution in [0.5, 0.6) is 0 Å². The lowest BCUT2D eigenvalue weighted by Gasteiger charge is -2.21. The average molecular weight is 217 g/mol. The van der Waals surface area contributed by atoms with E-state index in [0.717, 1.165) is 30.0 Å². The summed E-state index contributed by atoms with van der Waals surface area (Å²) in [6.45, 7) is 0.849. The summed E-state index contributed by atoms with van der Waals surface area (Å²) >= 11 is 0. The minimum Gasteiger partial charge on any atom is -0.370 e. The maximum Gasteiger partial charge on any atom is 0.159 e. The van der Waals surface area contributed by atoms with E-state index in [9.17, 15) is 0 Å². The maximum atomic E-state index is 5.76. The van der Waals surface area contributed by atoms with Crippen LogP contribution in [0.2, 0.25) is 0 Å². The van der Waals surface area contributed by atoms with Crippen molar-refractivity contribution in [2.45, 2.75) is 25.4 Å². The first-order chi connectivity index (χ1) is 7.86. The van der Waals surface area contributed by atoms with Crippen LogP contribution < -0.4 is 0 Å². The molecule has 0 saturated carbocycles. The van der Waals surface area contributed by atoms with Crippen molar-refractivity contribution in [1.82, 2.24) is 14.5 Å². The Bertz CT molecular complexity index is 500. The molecule has 4 heteroatoms. The summed E-state index contributed by atoms with van der Waals surface area (Å²) in [5.41, 5.74) is 1.89. The summed E-state index contributed by atoms with van der Waals surface area (Å²) in [7, 11) is 2.01. The van der Waals surface area contributed by atoms with E-state index in [-0.39, 0.29) is 6.10 Å². The molecule has 0 bridgehead atoms. The molecule has 0 aromatic carbocycles. The number of hydrogen-bond acceptors (Lipinski definition) is 3. The van der Waals surface area contributed by atoms with Gasteiger partial charge in [-0.15, -0.1) is 0 Å². The summed E-state index contributed by atoms with van der Waals surface area (Å²) in [5, 5.41) is 0. The number of imidazole rings is 1. The van der Waals surface area contributed by atoms with E-state index in [4.69, 9.17) is 4.74 Å². The van der Waals surface area contributed by atoms with Gasteiger partial charge in [-0.25, -0.2) is 9.97 Å². The Morgan fingerprint density at radius 3 is 3.12 bits per heavy atom. The fraction of sp³-hybridized carbons (Fsp3) is 0.500. The summed E-state index contributed by atoms with van der Waals surface area (Å²) in [5.74, 6) is 1.01. The van der Waals surface area contributed by atoms with Crippen LogP contribution in [-0.2, 0) is 11.8 Å². The summed E-state index contributed by atoms with van der Waals surface area (Å²) in [6.07, 6.45) is 5.40. The standard InChI is InChI=1S/C12H15N3O/c1-15-11-9(5-4-7-13-11)14-12(15)10-6-2-3-8-16-10/h4-5,7,10H,2-3,6,8H2,1H3. The zero-order chi connectivity index (χ0) is 11.0. The number of aromatic nitrogens is 3. The lowest BCUT2D eigenvalue weighted by atomic mass is 10.1. The molecule has 3 rings (SSSR count). The van der Waals surface area contributed by atoms with Gasteiger partial charge in [0.15, 0.2) is 5.65 Å². The third-order valence-electron chi connectivity index (χ3n) is 3.13. The first-order valence-electron chi connectivity index (χ1n) is 5.75. The second-order valence-electron chi connectivity index (χ2n) is 4.23. The zero-order valence-corrected chi connectivity index (χ0v) is 9.39. The van der Waals surface area contributed by atoms with Gasteiger partial charge < -0.3 is 9.30 Å². The molecule has 84 valence electrons. The van der Waals surface area contributed by atoms with Crippen LogP contribution in [0.4, 0.5) is 0 Å². The largest absolute Gasteiger partial charge is 0.370 e. The van der Waals surface area contributed by atoms with E-state index in [1.807, 2.05) is 23.7 Å². The number of fused-ring (bicyclic) bond motifs is 1. The first-order valence-corrected chi connectivity index (χ1v) is 5.75. The average Bonchev–Trinajstić information content (AvgIpc) is 2.69. The predicted octanol–water partition coefficient (Wildman–Crippen LogP) is 2.21. The third kappa shape index (κ3) is 1.50. The van der Waals surface area contributed by atoms with Gasteiger partial charge in [-0.05, 0) is 31.4 Å². The highest BCUT2D eigenvalue weighted by Crippen LogP contribution is 2.28. The smallest absolute Gasteiger partial charge is 0.159 e. The molecule has 1 atom stereocenters. The number of hydrogen-bond donors (Lipinski definition) is 0. The van der Waals surface area contributed by atoms with Gasteiger partial charge in [0.05, 0.1) is 0 Å². The normalized spacial score (nSPS) is 21.4. The molecule has 2 aromatic heterocycles. The third-order valence-corrected chi connectivity index (χ3v) is 3.13. The van der Waals surface area contributed by atoms with Crippen LogP contribution in [0.25, 0.3) is 11.2 Å². The van der Waals surface area contributed by atoms with Crippen molar-refractivity contribution in [1.29, 1.82) is 0 Å². The Morgan fingerprint density at radius 1 is 1.44 bits per heavy atom. The fourth-order valence-corrected chi connectivity index (χ4v) is 2.27. The molecule has 4 nitrogen and oxygen atoms in total. The Balaban J connectivity index is 2.05. The van der Waals surface area contributed by atoms with E-state index in [2.05, 4.69) is 9.97 Å². The van der Waals surface area contributed by atoms with Crippen molar-refractivity contribution >= 4 is 11.2 Å². The molecule has 3 heterocycles. The van der Waals surface area contributed by atoms with Crippen molar-refractivity contribution < 1.29 is 4.74 Å². The summed E-state index contributed by atoms with van der Waals surface area (Å²) in [4.78, 5) is 8.95. The second kappa shape index (κ2) is 3.87. The van der Waals surface area contributed by atoms with Crippen LogP contribution in [0, 0.1) is 0 Å². The minimum absolute atomic E-state index is 0.146. The van der Waals surface area contributed by atoms with Gasteiger partial charge in [0.25, 0.3) is 0 Å². The van der Waals surface area contributed by atoms with Gasteiger partial charge >= 0.3 is 0 Å². The molecule has 1 fully saturated rings. The van der Waals surface area contributed by atoms with E-state index in [0.29, 0.717) is 0 Å². The van der Waals surface area contributed by atoms with E-state index >= 15 is 0 Å². The Hall–Kier alpha value is -1.42. The Labute approximate surface area is 94.3 Å². The SMILES string of the molecule is Cn1c(C2CCCCO2)nc2cccnc21. The molecule has 0 radical (unpaired) electrons. The lowest BCUT2D eigenvalue weighted by Crippen LogP contribution is -2.15. The molecule has 1 aliphatic heterocycles. The molecule has 0 spiro atoms. The molecule has 2 aromatic rings. The van der Waals surface area contributed by atoms with Crippen LogP contribution in [0.1, 0.15) is 31.2 Å². The van der Waals surface area contributed by atoms with Crippen LogP contribution in [0.3, 0.4) is 0 Å². The highest BCUT2D eigenvalue weighted by atomic mass is 16.5. The van der Waals surface area contributed by atoms with E-state index in [1.165, 1.54) is 12.8 Å². The van der Waals surface area contributed by atoms with Gasteiger partial charge in [-0.1, -0.05) is 0 Å². The molecule has 1 saturated heterocycles. The minimum atomic E-state index is 0.146. The molecular weight excluding hydrogens is 202 g/mol. The van der Waals surface area contributed by atoms with Crippen LogP contribution in [-0.4, -0.2) is 21.1 Å². The van der Waals surface area contributed by atoms with Crippen molar-refractivity contribution in [2.24, 2.45) is 7.05 Å². The van der Waals surface area contributed by atoms with Gasteiger partial charge in [0.1, 0.15) is 17.4 Å². The van der Waals surface area contributed by atoms with Crippen LogP contribution >= 0.6 is 0 Å². The van der Waals surface area contributed by atoms with E-state index in [1.54, 1.807) is 6.20 Å². The Morgan fingerprint density at radius 2 is 2.38 bits per heavy atom. The van der Waals surface area contributed by atoms with Gasteiger partial charge in [-0.3, -0.25) is 0 Å².